The molecule has 12 heavy (non-hydrogen) atoms. The molecule has 1 heterocycles. The largest absolute Gasteiger partial charge is 0.248 e. The van der Waals surface area contributed by atoms with Gasteiger partial charge in [0.2, 0.25) is 3.79 Å². The molecule has 6 heteroatoms. The van der Waals surface area contributed by atoms with Crippen LogP contribution in [0.2, 0.25) is 0 Å². The van der Waals surface area contributed by atoms with Gasteiger partial charge in [0.25, 0.3) is 0 Å². The molecule has 0 bridgehead atoms. The van der Waals surface area contributed by atoms with Crippen molar-refractivity contribution < 1.29 is 0 Å². The maximum absolute atomic E-state index is 5.72. The Morgan fingerprint density at radius 3 is 2.33 bits per heavy atom. The minimum absolute atomic E-state index is 0.537. The maximum atomic E-state index is 5.72. The lowest BCUT2D eigenvalue weighted by Crippen LogP contribution is -2.10. The van der Waals surface area contributed by atoms with Crippen molar-refractivity contribution in [1.29, 1.82) is 0 Å². The minimum Gasteiger partial charge on any atom is -0.248 e. The van der Waals surface area contributed by atoms with Crippen LogP contribution in [0, 0.1) is 0 Å². The SMILES string of the molecule is CCc1nnn(C)c1C(Cl)(Cl)Cl. The molecule has 0 saturated carbocycles. The van der Waals surface area contributed by atoms with Crippen LogP contribution in [-0.4, -0.2) is 15.0 Å². The summed E-state index contributed by atoms with van der Waals surface area (Å²) in [6.45, 7) is 1.93. The summed E-state index contributed by atoms with van der Waals surface area (Å²) in [4.78, 5) is 0. The second kappa shape index (κ2) is 3.40. The van der Waals surface area contributed by atoms with Gasteiger partial charge < -0.3 is 0 Å². The van der Waals surface area contributed by atoms with Crippen molar-refractivity contribution in [2.75, 3.05) is 0 Å². The second-order valence-corrected chi connectivity index (χ2v) is 4.64. The average Bonchev–Trinajstić information content (AvgIpc) is 2.29. The Hall–Kier alpha value is 0.01000. The van der Waals surface area contributed by atoms with Crippen molar-refractivity contribution in [3.63, 3.8) is 0 Å². The molecule has 0 atom stereocenters. The zero-order chi connectivity index (χ0) is 9.35. The molecule has 0 aliphatic carbocycles. The summed E-state index contributed by atoms with van der Waals surface area (Å²) in [6, 6.07) is 0. The molecule has 3 nitrogen and oxygen atoms in total. The molecular formula is C6H8Cl3N3. The van der Waals surface area contributed by atoms with Gasteiger partial charge in [0.1, 0.15) is 5.69 Å². The lowest BCUT2D eigenvalue weighted by Gasteiger charge is -2.11. The number of hydrogen-bond acceptors (Lipinski definition) is 2. The van der Waals surface area contributed by atoms with E-state index in [1.807, 2.05) is 6.92 Å². The van der Waals surface area contributed by atoms with E-state index in [1.165, 1.54) is 4.68 Å². The number of alkyl halides is 3. The van der Waals surface area contributed by atoms with E-state index in [0.29, 0.717) is 12.1 Å². The Labute approximate surface area is 85.6 Å². The lowest BCUT2D eigenvalue weighted by molar-refractivity contribution is 0.684. The van der Waals surface area contributed by atoms with Crippen molar-refractivity contribution in [2.24, 2.45) is 7.05 Å². The summed E-state index contributed by atoms with van der Waals surface area (Å²) in [5.41, 5.74) is 1.26. The van der Waals surface area contributed by atoms with Crippen LogP contribution in [-0.2, 0) is 17.3 Å². The summed E-state index contributed by atoms with van der Waals surface area (Å²) in [7, 11) is 1.70. The van der Waals surface area contributed by atoms with Crippen LogP contribution >= 0.6 is 34.8 Å². The van der Waals surface area contributed by atoms with Crippen LogP contribution in [0.1, 0.15) is 18.3 Å². The highest BCUT2D eigenvalue weighted by atomic mass is 35.6. The second-order valence-electron chi connectivity index (χ2n) is 2.36. The van der Waals surface area contributed by atoms with E-state index >= 15 is 0 Å². The third kappa shape index (κ3) is 1.84. The first-order valence-electron chi connectivity index (χ1n) is 3.42. The van der Waals surface area contributed by atoms with E-state index in [1.54, 1.807) is 7.05 Å². The molecule has 0 aliphatic heterocycles. The van der Waals surface area contributed by atoms with E-state index < -0.39 is 3.79 Å². The molecule has 0 aliphatic rings. The zero-order valence-electron chi connectivity index (χ0n) is 6.68. The predicted octanol–water partition coefficient (Wildman–Crippen LogP) is 2.20. The van der Waals surface area contributed by atoms with Crippen LogP contribution in [0.5, 0.6) is 0 Å². The van der Waals surface area contributed by atoms with Crippen LogP contribution in [0.25, 0.3) is 0 Å². The van der Waals surface area contributed by atoms with Crippen molar-refractivity contribution in [1.82, 2.24) is 15.0 Å². The fourth-order valence-electron chi connectivity index (χ4n) is 0.985. The van der Waals surface area contributed by atoms with Crippen molar-refractivity contribution >= 4 is 34.8 Å². The molecule has 1 aromatic heterocycles. The molecule has 0 spiro atoms. The Morgan fingerprint density at radius 1 is 1.42 bits per heavy atom. The molecule has 0 radical (unpaired) electrons. The Kier molecular flexibility index (Phi) is 2.86. The van der Waals surface area contributed by atoms with Gasteiger partial charge in [-0.05, 0) is 6.42 Å². The van der Waals surface area contributed by atoms with Gasteiger partial charge in [-0.25, -0.2) is 4.68 Å². The maximum Gasteiger partial charge on any atom is 0.234 e. The summed E-state index contributed by atoms with van der Waals surface area (Å²) < 4.78 is 0.0371. The third-order valence-corrected chi connectivity index (χ3v) is 2.04. The first-order chi connectivity index (χ1) is 5.46. The first-order valence-corrected chi connectivity index (χ1v) is 4.56. The molecule has 0 fully saturated rings. The highest BCUT2D eigenvalue weighted by molar-refractivity contribution is 6.66. The van der Waals surface area contributed by atoms with Crippen LogP contribution < -0.4 is 0 Å². The van der Waals surface area contributed by atoms with Crippen molar-refractivity contribution in [3.8, 4) is 0 Å². The number of rotatable bonds is 1. The third-order valence-electron chi connectivity index (χ3n) is 1.50. The van der Waals surface area contributed by atoms with Gasteiger partial charge in [-0.15, -0.1) is 5.10 Å². The Balaban J connectivity index is 3.19. The number of aromatic nitrogens is 3. The van der Waals surface area contributed by atoms with Gasteiger partial charge in [-0.2, -0.15) is 0 Å². The number of halogens is 3. The summed E-state index contributed by atoms with van der Waals surface area (Å²) >= 11 is 17.2. The monoisotopic (exact) mass is 227 g/mol. The molecule has 1 aromatic rings. The lowest BCUT2D eigenvalue weighted by atomic mass is 10.3. The summed E-state index contributed by atoms with van der Waals surface area (Å²) in [5.74, 6) is 0. The van der Waals surface area contributed by atoms with E-state index in [4.69, 9.17) is 34.8 Å². The van der Waals surface area contributed by atoms with Gasteiger partial charge in [0.05, 0.1) is 5.69 Å². The summed E-state index contributed by atoms with van der Waals surface area (Å²) in [5, 5.41) is 7.63. The number of hydrogen-bond donors (Lipinski definition) is 0. The molecule has 0 saturated heterocycles. The van der Waals surface area contributed by atoms with Crippen LogP contribution in [0.4, 0.5) is 0 Å². The zero-order valence-corrected chi connectivity index (χ0v) is 8.95. The van der Waals surface area contributed by atoms with Crippen LogP contribution in [0.3, 0.4) is 0 Å². The highest BCUT2D eigenvalue weighted by Crippen LogP contribution is 2.39. The average molecular weight is 229 g/mol. The van der Waals surface area contributed by atoms with E-state index in [0.717, 1.165) is 5.69 Å². The predicted molar refractivity (Wildman–Crippen MR) is 49.6 cm³/mol. The van der Waals surface area contributed by atoms with Gasteiger partial charge in [0.15, 0.2) is 0 Å². The smallest absolute Gasteiger partial charge is 0.234 e. The minimum atomic E-state index is -1.44. The number of aryl methyl sites for hydroxylation is 2. The summed E-state index contributed by atoms with van der Waals surface area (Å²) in [6.07, 6.45) is 0.705. The number of nitrogens with zero attached hydrogens (tertiary/aromatic N) is 3. The topological polar surface area (TPSA) is 30.7 Å². The fourth-order valence-corrected chi connectivity index (χ4v) is 1.68. The fraction of sp³-hybridized carbons (Fsp3) is 0.667. The molecular weight excluding hydrogens is 220 g/mol. The molecule has 0 unspecified atom stereocenters. The van der Waals surface area contributed by atoms with Gasteiger partial charge >= 0.3 is 0 Å². The Bertz CT molecular complexity index is 276. The van der Waals surface area contributed by atoms with E-state index in [9.17, 15) is 0 Å². The van der Waals surface area contributed by atoms with Gasteiger partial charge in [-0.1, -0.05) is 46.9 Å². The van der Waals surface area contributed by atoms with Gasteiger partial charge in [0, 0.05) is 7.05 Å². The van der Waals surface area contributed by atoms with E-state index in [2.05, 4.69) is 10.3 Å². The highest BCUT2D eigenvalue weighted by Gasteiger charge is 2.30. The molecule has 0 N–H and O–H groups in total. The standard InChI is InChI=1S/C6H8Cl3N3/c1-3-4-5(6(7,8)9)12(2)11-10-4/h3H2,1-2H3. The molecule has 0 amide bonds. The molecule has 0 aromatic carbocycles. The molecule has 68 valence electrons. The van der Waals surface area contributed by atoms with Crippen molar-refractivity contribution in [2.45, 2.75) is 17.1 Å². The normalized spacial score (nSPS) is 12.1. The van der Waals surface area contributed by atoms with Crippen molar-refractivity contribution in [3.05, 3.63) is 11.4 Å². The first kappa shape index (κ1) is 10.1. The van der Waals surface area contributed by atoms with E-state index in [-0.39, 0.29) is 0 Å². The van der Waals surface area contributed by atoms with Crippen LogP contribution in [0.15, 0.2) is 0 Å². The Morgan fingerprint density at radius 2 is 2.00 bits per heavy atom. The molecule has 1 rings (SSSR count). The van der Waals surface area contributed by atoms with Gasteiger partial charge in [-0.3, -0.25) is 0 Å². The quantitative estimate of drug-likeness (QED) is 0.690.